The van der Waals surface area contributed by atoms with Gasteiger partial charge in [-0.2, -0.15) is 9.61 Å². The average Bonchev–Trinajstić information content (AvgIpc) is 3.27. The second-order valence-electron chi connectivity index (χ2n) is 5.72. The highest BCUT2D eigenvalue weighted by molar-refractivity contribution is 7.16. The van der Waals surface area contributed by atoms with Crippen molar-refractivity contribution >= 4 is 27.1 Å². The van der Waals surface area contributed by atoms with Crippen molar-refractivity contribution in [1.29, 1.82) is 0 Å². The molecule has 3 aromatic heterocycles. The smallest absolute Gasteiger partial charge is 0.235 e. The summed E-state index contributed by atoms with van der Waals surface area (Å²) in [4.78, 5) is 4.87. The third-order valence-electron chi connectivity index (χ3n) is 4.05. The fourth-order valence-electron chi connectivity index (χ4n) is 2.85. The van der Waals surface area contributed by atoms with Gasteiger partial charge < -0.3 is 4.74 Å². The maximum atomic E-state index is 6.02. The normalized spacial score (nSPS) is 11.2. The van der Waals surface area contributed by atoms with Crippen LogP contribution in [-0.2, 0) is 6.61 Å². The lowest BCUT2D eigenvalue weighted by atomic mass is 10.1. The Bertz CT molecular complexity index is 1190. The summed E-state index contributed by atoms with van der Waals surface area (Å²) in [5.41, 5.74) is 0.881. The van der Waals surface area contributed by atoms with E-state index in [-0.39, 0.29) is 0 Å². The molecule has 0 amide bonds. The molecule has 0 unspecified atom stereocenters. The Morgan fingerprint density at radius 2 is 1.88 bits per heavy atom. The number of benzene rings is 2. The zero-order valence-electron chi connectivity index (χ0n) is 13.6. The van der Waals surface area contributed by atoms with Crippen LogP contribution in [0.2, 0.25) is 0 Å². The van der Waals surface area contributed by atoms with Gasteiger partial charge in [-0.1, -0.05) is 47.7 Å². The third kappa shape index (κ3) is 2.58. The van der Waals surface area contributed by atoms with E-state index in [1.807, 2.05) is 36.4 Å². The molecule has 0 radical (unpaired) electrons. The Morgan fingerprint density at radius 3 is 2.81 bits per heavy atom. The lowest BCUT2D eigenvalue weighted by molar-refractivity contribution is 0.308. The molecule has 0 saturated heterocycles. The molecule has 5 aromatic rings. The minimum atomic E-state index is 0.383. The van der Waals surface area contributed by atoms with Crippen molar-refractivity contribution < 1.29 is 4.74 Å². The summed E-state index contributed by atoms with van der Waals surface area (Å²) >= 11 is 1.47. The predicted molar refractivity (Wildman–Crippen MR) is 100 cm³/mol. The first-order valence-electron chi connectivity index (χ1n) is 8.10. The van der Waals surface area contributed by atoms with Crippen LogP contribution in [-0.4, -0.2) is 24.8 Å². The minimum absolute atomic E-state index is 0.383. The van der Waals surface area contributed by atoms with Crippen LogP contribution in [0.3, 0.4) is 0 Å². The van der Waals surface area contributed by atoms with Crippen LogP contribution in [0.5, 0.6) is 5.75 Å². The van der Waals surface area contributed by atoms with Gasteiger partial charge in [-0.3, -0.25) is 4.98 Å². The van der Waals surface area contributed by atoms with Gasteiger partial charge in [-0.05, 0) is 23.6 Å². The fraction of sp³-hybridized carbons (Fsp3) is 0.0526. The number of pyridine rings is 1. The lowest BCUT2D eigenvalue weighted by Crippen LogP contribution is -1.98. The van der Waals surface area contributed by atoms with Crippen LogP contribution in [0, 0.1) is 0 Å². The molecule has 2 aromatic carbocycles. The Balaban J connectivity index is 1.44. The maximum Gasteiger partial charge on any atom is 0.235 e. The Kier molecular flexibility index (Phi) is 3.57. The van der Waals surface area contributed by atoms with Gasteiger partial charge in [0.15, 0.2) is 10.8 Å². The van der Waals surface area contributed by atoms with Crippen LogP contribution in [0.4, 0.5) is 0 Å². The van der Waals surface area contributed by atoms with Gasteiger partial charge in [0.05, 0.1) is 0 Å². The van der Waals surface area contributed by atoms with Gasteiger partial charge in [0, 0.05) is 23.3 Å². The molecular formula is C19H13N5OS. The van der Waals surface area contributed by atoms with E-state index < -0.39 is 0 Å². The number of aromatic nitrogens is 5. The monoisotopic (exact) mass is 359 g/mol. The number of ether oxygens (including phenoxy) is 1. The molecule has 0 N–H and O–H groups in total. The Labute approximate surface area is 152 Å². The molecule has 0 spiro atoms. The molecule has 0 bridgehead atoms. The van der Waals surface area contributed by atoms with Crippen LogP contribution < -0.4 is 4.74 Å². The summed E-state index contributed by atoms with van der Waals surface area (Å²) in [6, 6.07) is 18.0. The quantitative estimate of drug-likeness (QED) is 0.486. The Morgan fingerprint density at radius 1 is 0.962 bits per heavy atom. The zero-order chi connectivity index (χ0) is 17.3. The van der Waals surface area contributed by atoms with Crippen LogP contribution in [0.25, 0.3) is 27.1 Å². The number of nitrogens with zero attached hydrogens (tertiary/aromatic N) is 5. The van der Waals surface area contributed by atoms with Crippen molar-refractivity contribution in [1.82, 2.24) is 24.8 Å². The highest BCUT2D eigenvalue weighted by Crippen LogP contribution is 2.27. The summed E-state index contributed by atoms with van der Waals surface area (Å²) in [7, 11) is 0. The number of hydrogen-bond acceptors (Lipinski definition) is 6. The average molecular weight is 359 g/mol. The fourth-order valence-corrected chi connectivity index (χ4v) is 3.60. The third-order valence-corrected chi connectivity index (χ3v) is 4.93. The molecule has 0 aliphatic rings. The van der Waals surface area contributed by atoms with Gasteiger partial charge >= 0.3 is 0 Å². The molecule has 3 heterocycles. The van der Waals surface area contributed by atoms with E-state index in [9.17, 15) is 0 Å². The standard InChI is InChI=1S/C19H13N5OS/c1-2-8-15-13(5-1)6-3-9-16(15)25-12-17-23-24-18(21-22-19(24)26-17)14-7-4-10-20-11-14/h1-11H,12H2. The summed E-state index contributed by atoms with van der Waals surface area (Å²) in [6.45, 7) is 0.383. The van der Waals surface area contributed by atoms with Crippen LogP contribution >= 0.6 is 11.3 Å². The first kappa shape index (κ1) is 15.0. The molecular weight excluding hydrogens is 346 g/mol. The molecule has 7 heteroatoms. The first-order valence-corrected chi connectivity index (χ1v) is 8.92. The van der Waals surface area contributed by atoms with E-state index >= 15 is 0 Å². The van der Waals surface area contributed by atoms with Gasteiger partial charge in [0.2, 0.25) is 4.96 Å². The first-order chi connectivity index (χ1) is 12.9. The van der Waals surface area contributed by atoms with Crippen molar-refractivity contribution in [3.05, 3.63) is 72.0 Å². The second kappa shape index (κ2) is 6.20. The van der Waals surface area contributed by atoms with Crippen LogP contribution in [0.1, 0.15) is 5.01 Å². The van der Waals surface area contributed by atoms with Gasteiger partial charge in [0.1, 0.15) is 12.4 Å². The summed E-state index contributed by atoms with van der Waals surface area (Å²) in [6.07, 6.45) is 3.48. The van der Waals surface area contributed by atoms with E-state index in [1.165, 1.54) is 11.3 Å². The molecule has 5 rings (SSSR count). The zero-order valence-corrected chi connectivity index (χ0v) is 14.4. The molecule has 26 heavy (non-hydrogen) atoms. The molecule has 126 valence electrons. The van der Waals surface area contributed by atoms with Crippen molar-refractivity contribution in [3.63, 3.8) is 0 Å². The van der Waals surface area contributed by atoms with E-state index in [0.29, 0.717) is 12.4 Å². The van der Waals surface area contributed by atoms with Gasteiger partial charge in [-0.15, -0.1) is 10.2 Å². The number of hydrogen-bond donors (Lipinski definition) is 0. The van der Waals surface area contributed by atoms with E-state index in [0.717, 1.165) is 32.1 Å². The summed E-state index contributed by atoms with van der Waals surface area (Å²) < 4.78 is 7.76. The van der Waals surface area contributed by atoms with E-state index in [2.05, 4.69) is 38.5 Å². The van der Waals surface area contributed by atoms with Gasteiger partial charge in [0.25, 0.3) is 0 Å². The highest BCUT2D eigenvalue weighted by Gasteiger charge is 2.14. The summed E-state index contributed by atoms with van der Waals surface area (Å²) in [5.74, 6) is 1.53. The number of rotatable bonds is 4. The second-order valence-corrected chi connectivity index (χ2v) is 6.76. The molecule has 0 fully saturated rings. The van der Waals surface area contributed by atoms with Crippen molar-refractivity contribution in [3.8, 4) is 17.1 Å². The molecule has 0 saturated carbocycles. The molecule has 0 aliphatic carbocycles. The van der Waals surface area contributed by atoms with Crippen LogP contribution in [0.15, 0.2) is 67.0 Å². The largest absolute Gasteiger partial charge is 0.486 e. The SMILES string of the molecule is c1cncc(-c2nnc3sc(COc4cccc5ccccc45)nn23)c1. The van der Waals surface area contributed by atoms with Crippen molar-refractivity contribution in [2.45, 2.75) is 6.61 Å². The Hall–Kier alpha value is -3.32. The number of fused-ring (bicyclic) bond motifs is 2. The van der Waals surface area contributed by atoms with E-state index in [4.69, 9.17) is 4.74 Å². The summed E-state index contributed by atoms with van der Waals surface area (Å²) in [5, 5.41) is 16.1. The van der Waals surface area contributed by atoms with Gasteiger partial charge in [-0.25, -0.2) is 0 Å². The maximum absolute atomic E-state index is 6.02. The minimum Gasteiger partial charge on any atom is -0.486 e. The molecule has 0 aliphatic heterocycles. The topological polar surface area (TPSA) is 65.2 Å². The molecule has 0 atom stereocenters. The molecule has 6 nitrogen and oxygen atoms in total. The predicted octanol–water partition coefficient (Wildman–Crippen LogP) is 3.98. The van der Waals surface area contributed by atoms with Crippen molar-refractivity contribution in [2.24, 2.45) is 0 Å². The van der Waals surface area contributed by atoms with Crippen molar-refractivity contribution in [2.75, 3.05) is 0 Å². The lowest BCUT2D eigenvalue weighted by Gasteiger charge is -2.07. The highest BCUT2D eigenvalue weighted by atomic mass is 32.1. The van der Waals surface area contributed by atoms with E-state index in [1.54, 1.807) is 16.9 Å².